The van der Waals surface area contributed by atoms with Crippen LogP contribution in [0, 0.1) is 0 Å². The van der Waals surface area contributed by atoms with Crippen LogP contribution in [-0.2, 0) is 14.3 Å². The number of unbranched alkanes of at least 4 members (excludes halogenated alkanes) is 1. The van der Waals surface area contributed by atoms with Crippen LogP contribution in [0.1, 0.15) is 36.3 Å². The van der Waals surface area contributed by atoms with Gasteiger partial charge in [0.05, 0.1) is 0 Å². The van der Waals surface area contributed by atoms with E-state index in [4.69, 9.17) is 9.47 Å². The molecule has 0 saturated heterocycles. The number of hydrogen-bond acceptors (Lipinski definition) is 5. The smallest absolute Gasteiger partial charge is 0.410 e. The molecule has 0 radical (unpaired) electrons. The van der Waals surface area contributed by atoms with Crippen molar-refractivity contribution in [3.63, 3.8) is 0 Å². The fourth-order valence-corrected chi connectivity index (χ4v) is 4.14. The molecule has 0 aliphatic heterocycles. The average molecular weight is 467 g/mol. The third-order valence-electron chi connectivity index (χ3n) is 5.88. The van der Waals surface area contributed by atoms with Crippen LogP contribution in [0.25, 0.3) is 11.1 Å². The van der Waals surface area contributed by atoms with Crippen LogP contribution in [0.5, 0.6) is 0 Å². The first-order valence-corrected chi connectivity index (χ1v) is 11.3. The molecule has 0 unspecified atom stereocenters. The maximum Gasteiger partial charge on any atom is 0.410 e. The van der Waals surface area contributed by atoms with Crippen molar-refractivity contribution in [2.45, 2.75) is 31.2 Å². The number of nitrogens with one attached hydrogen (secondary N) is 1. The summed E-state index contributed by atoms with van der Waals surface area (Å²) in [5.41, 5.74) is 4.43. The molecule has 1 atom stereocenters. The van der Waals surface area contributed by atoms with Gasteiger partial charge in [0.15, 0.2) is 0 Å². The van der Waals surface area contributed by atoms with Gasteiger partial charge in [-0.05, 0) is 41.5 Å². The Labute approximate surface area is 199 Å². The first-order valence-electron chi connectivity index (χ1n) is 11.3. The predicted octanol–water partition coefficient (Wildman–Crippen LogP) is 4.40. The number of fused-ring (bicyclic) bond motifs is 3. The number of carbonyl (C=O) groups is 3. The lowest BCUT2D eigenvalue weighted by Crippen LogP contribution is -2.43. The van der Waals surface area contributed by atoms with Gasteiger partial charge in [-0.1, -0.05) is 61.2 Å². The summed E-state index contributed by atoms with van der Waals surface area (Å²) < 4.78 is 10.4. The largest absolute Gasteiger partial charge is 0.480 e. The number of ether oxygens (including phenoxy) is 2. The number of alkyl carbamates (subject to hydrolysis) is 1. The van der Waals surface area contributed by atoms with Crippen LogP contribution >= 0.6 is 0 Å². The van der Waals surface area contributed by atoms with Crippen LogP contribution in [0.4, 0.5) is 9.59 Å². The number of hydrogen-bond donors (Lipinski definition) is 2. The Bertz CT molecular complexity index is 992. The number of carbonyl (C=O) groups excluding carboxylic acids is 2. The summed E-state index contributed by atoms with van der Waals surface area (Å²) in [7, 11) is 1.43. The highest BCUT2D eigenvalue weighted by atomic mass is 16.6. The summed E-state index contributed by atoms with van der Waals surface area (Å²) in [4.78, 5) is 37.0. The molecule has 0 fully saturated rings. The molecular weight excluding hydrogens is 436 g/mol. The summed E-state index contributed by atoms with van der Waals surface area (Å²) >= 11 is 0. The topological polar surface area (TPSA) is 105 Å². The second-order valence-corrected chi connectivity index (χ2v) is 8.08. The molecule has 2 amide bonds. The molecule has 0 saturated carbocycles. The lowest BCUT2D eigenvalue weighted by atomic mass is 9.98. The maximum absolute atomic E-state index is 12.7. The quantitative estimate of drug-likeness (QED) is 0.376. The number of nitrogens with zero attached hydrogens (tertiary/aromatic N) is 1. The lowest BCUT2D eigenvalue weighted by Gasteiger charge is -2.25. The average Bonchev–Trinajstić information content (AvgIpc) is 3.16. The first kappa shape index (κ1) is 24.8. The highest BCUT2D eigenvalue weighted by molar-refractivity contribution is 5.81. The Morgan fingerprint density at radius 3 is 2.26 bits per heavy atom. The van der Waals surface area contributed by atoms with Gasteiger partial charge >= 0.3 is 18.2 Å². The second-order valence-electron chi connectivity index (χ2n) is 8.08. The predicted molar refractivity (Wildman–Crippen MR) is 128 cm³/mol. The number of likely N-dealkylation sites (N-methyl/N-ethyl adjacent to an activating group) is 1. The van der Waals surface area contributed by atoms with E-state index in [2.05, 4.69) is 24.0 Å². The minimum atomic E-state index is -1.10. The molecular formula is C26H30N2O6. The lowest BCUT2D eigenvalue weighted by molar-refractivity contribution is -0.142. The fraction of sp³-hybridized carbons (Fsp3) is 0.346. The van der Waals surface area contributed by atoms with Crippen molar-refractivity contribution in [1.29, 1.82) is 0 Å². The molecule has 180 valence electrons. The monoisotopic (exact) mass is 466 g/mol. The Balaban J connectivity index is 1.52. The Hall–Kier alpha value is -3.81. The third-order valence-corrected chi connectivity index (χ3v) is 5.88. The van der Waals surface area contributed by atoms with Crippen molar-refractivity contribution in [3.05, 3.63) is 72.3 Å². The molecule has 1 aliphatic rings. The molecule has 0 spiro atoms. The van der Waals surface area contributed by atoms with Gasteiger partial charge in [0.25, 0.3) is 0 Å². The molecule has 2 N–H and O–H groups in total. The van der Waals surface area contributed by atoms with E-state index in [0.717, 1.165) is 27.2 Å². The van der Waals surface area contributed by atoms with E-state index < -0.39 is 24.2 Å². The summed E-state index contributed by atoms with van der Waals surface area (Å²) in [6, 6.07) is 15.0. The molecule has 3 rings (SSSR count). The number of benzene rings is 2. The number of aliphatic carboxylic acids is 1. The van der Waals surface area contributed by atoms with Crippen molar-refractivity contribution < 1.29 is 29.0 Å². The molecule has 0 aromatic heterocycles. The summed E-state index contributed by atoms with van der Waals surface area (Å²) in [6.07, 6.45) is 1.52. The minimum Gasteiger partial charge on any atom is -0.480 e. The molecule has 2 aromatic carbocycles. The van der Waals surface area contributed by atoms with Crippen LogP contribution in [0.2, 0.25) is 0 Å². The SMILES string of the molecule is C=CCOC(=O)NCCCC[C@@H](C(=O)O)N(C)C(=O)OCC1c2ccccc2-c2ccccc21. The van der Waals surface area contributed by atoms with Crippen molar-refractivity contribution in [2.24, 2.45) is 0 Å². The van der Waals surface area contributed by atoms with Crippen molar-refractivity contribution in [1.82, 2.24) is 10.2 Å². The number of amides is 2. The van der Waals surface area contributed by atoms with E-state index in [1.165, 1.54) is 13.1 Å². The minimum absolute atomic E-state index is 0.0973. The summed E-state index contributed by atoms with van der Waals surface area (Å²) in [5.74, 6) is -1.20. The normalized spacial score (nSPS) is 12.7. The van der Waals surface area contributed by atoms with Crippen LogP contribution in [0.15, 0.2) is 61.2 Å². The third kappa shape index (κ3) is 5.95. The molecule has 34 heavy (non-hydrogen) atoms. The summed E-state index contributed by atoms with van der Waals surface area (Å²) in [5, 5.41) is 12.2. The van der Waals surface area contributed by atoms with E-state index in [1.807, 2.05) is 36.4 Å². The zero-order valence-corrected chi connectivity index (χ0v) is 19.2. The van der Waals surface area contributed by atoms with Crippen molar-refractivity contribution in [3.8, 4) is 11.1 Å². The van der Waals surface area contributed by atoms with Crippen LogP contribution in [0.3, 0.4) is 0 Å². The number of rotatable bonds is 11. The number of carboxylic acids is 1. The molecule has 1 aliphatic carbocycles. The Kier molecular flexibility index (Phi) is 8.67. The maximum atomic E-state index is 12.7. The van der Waals surface area contributed by atoms with Gasteiger partial charge < -0.3 is 19.9 Å². The standard InChI is InChI=1S/C26H30N2O6/c1-3-16-33-25(31)27-15-9-8-14-23(24(29)30)28(2)26(32)34-17-22-20-12-6-4-10-18(20)19-11-5-7-13-21(19)22/h3-7,10-13,22-23H,1,8-9,14-17H2,2H3,(H,27,31)(H,29,30)/t23-/m0/s1. The van der Waals surface area contributed by atoms with E-state index in [9.17, 15) is 19.5 Å². The number of carboxylic acid groups (broad SMARTS) is 1. The van der Waals surface area contributed by atoms with Gasteiger partial charge in [-0.25, -0.2) is 14.4 Å². The van der Waals surface area contributed by atoms with Crippen molar-refractivity contribution >= 4 is 18.2 Å². The van der Waals surface area contributed by atoms with Gasteiger partial charge in [-0.2, -0.15) is 0 Å². The van der Waals surface area contributed by atoms with Gasteiger partial charge in [0.2, 0.25) is 0 Å². The van der Waals surface area contributed by atoms with E-state index >= 15 is 0 Å². The highest BCUT2D eigenvalue weighted by Gasteiger charge is 2.31. The van der Waals surface area contributed by atoms with Crippen molar-refractivity contribution in [2.75, 3.05) is 26.8 Å². The molecule has 8 nitrogen and oxygen atoms in total. The Morgan fingerprint density at radius 2 is 1.68 bits per heavy atom. The van der Waals surface area contributed by atoms with Crippen LogP contribution in [-0.4, -0.2) is 61.0 Å². The zero-order valence-electron chi connectivity index (χ0n) is 19.2. The van der Waals surface area contributed by atoms with Gasteiger partial charge in [-0.15, -0.1) is 0 Å². The Morgan fingerprint density at radius 1 is 1.06 bits per heavy atom. The highest BCUT2D eigenvalue weighted by Crippen LogP contribution is 2.44. The van der Waals surface area contributed by atoms with E-state index in [0.29, 0.717) is 19.4 Å². The van der Waals surface area contributed by atoms with Gasteiger partial charge in [0, 0.05) is 19.5 Å². The molecule has 0 heterocycles. The van der Waals surface area contributed by atoms with Crippen LogP contribution < -0.4 is 5.32 Å². The molecule has 0 bridgehead atoms. The van der Waals surface area contributed by atoms with E-state index in [-0.39, 0.29) is 25.6 Å². The molecule has 2 aromatic rings. The van der Waals surface area contributed by atoms with E-state index in [1.54, 1.807) is 0 Å². The zero-order chi connectivity index (χ0) is 24.5. The van der Waals surface area contributed by atoms with Gasteiger partial charge in [-0.3, -0.25) is 4.90 Å². The summed E-state index contributed by atoms with van der Waals surface area (Å²) in [6.45, 7) is 4.05. The second kappa shape index (κ2) is 11.9. The first-order chi connectivity index (χ1) is 16.4. The fourth-order valence-electron chi connectivity index (χ4n) is 4.14. The molecule has 8 heteroatoms. The van der Waals surface area contributed by atoms with Gasteiger partial charge in [0.1, 0.15) is 19.3 Å².